The third kappa shape index (κ3) is 4.00. The Morgan fingerprint density at radius 2 is 1.68 bits per heavy atom. The van der Waals surface area contributed by atoms with E-state index >= 15 is 0 Å². The molecule has 3 aromatic rings. The van der Waals surface area contributed by atoms with E-state index in [9.17, 15) is 21.6 Å². The van der Waals surface area contributed by atoms with Crippen molar-refractivity contribution in [2.75, 3.05) is 4.72 Å². The lowest BCUT2D eigenvalue weighted by molar-refractivity contribution is -0.143. The minimum Gasteiger partial charge on any atom is -0.261 e. The van der Waals surface area contributed by atoms with Crippen LogP contribution in [0.4, 0.5) is 19.0 Å². The van der Waals surface area contributed by atoms with E-state index in [1.807, 2.05) is 0 Å². The smallest absolute Gasteiger partial charge is 0.261 e. The number of hydrogen-bond acceptors (Lipinski definition) is 3. The molecule has 5 nitrogen and oxygen atoms in total. The van der Waals surface area contributed by atoms with Gasteiger partial charge in [-0.2, -0.15) is 18.3 Å². The molecule has 1 heterocycles. The molecule has 0 spiro atoms. The summed E-state index contributed by atoms with van der Waals surface area (Å²) in [6, 6.07) is 13.0. The summed E-state index contributed by atoms with van der Waals surface area (Å²) >= 11 is 5.83. The maximum atomic E-state index is 13.8. The molecule has 0 saturated carbocycles. The van der Waals surface area contributed by atoms with E-state index in [0.29, 0.717) is 5.02 Å². The number of hydrogen-bond donors (Lipinski definition) is 1. The zero-order valence-corrected chi connectivity index (χ0v) is 16.1. The molecule has 3 rings (SSSR count). The second-order valence-corrected chi connectivity index (χ2v) is 7.93. The fraction of sp³-hybridized carbons (Fsp3) is 0.167. The van der Waals surface area contributed by atoms with Crippen molar-refractivity contribution in [3.63, 3.8) is 0 Å². The van der Waals surface area contributed by atoms with Gasteiger partial charge in [0.1, 0.15) is 0 Å². The highest BCUT2D eigenvalue weighted by atomic mass is 35.5. The van der Waals surface area contributed by atoms with Crippen molar-refractivity contribution >= 4 is 27.4 Å². The standard InChI is InChI=1S/C18H15ClF3N3O2S/c1-2-25-16(18(20,21)22)15(12-8-10-13(19)11-9-12)17(23-25)24-28(26,27)14-6-4-3-5-7-14/h3-11H,2H2,1H3,(H,23,24). The minimum atomic E-state index is -4.74. The SMILES string of the molecule is CCn1nc(NS(=O)(=O)c2ccccc2)c(-c2ccc(Cl)cc2)c1C(F)(F)F. The third-order valence-electron chi connectivity index (χ3n) is 3.94. The quantitative estimate of drug-likeness (QED) is 0.617. The Morgan fingerprint density at radius 1 is 1.07 bits per heavy atom. The van der Waals surface area contributed by atoms with Crippen LogP contribution < -0.4 is 4.72 Å². The van der Waals surface area contributed by atoms with Crippen LogP contribution in [0.15, 0.2) is 59.5 Å². The highest BCUT2D eigenvalue weighted by Gasteiger charge is 2.40. The van der Waals surface area contributed by atoms with Gasteiger partial charge in [0.05, 0.1) is 10.5 Å². The lowest BCUT2D eigenvalue weighted by atomic mass is 10.1. The molecule has 0 unspecified atom stereocenters. The van der Waals surface area contributed by atoms with Crippen molar-refractivity contribution in [2.45, 2.75) is 24.5 Å². The van der Waals surface area contributed by atoms with Crippen LogP contribution in [0, 0.1) is 0 Å². The normalized spacial score (nSPS) is 12.2. The van der Waals surface area contributed by atoms with Gasteiger partial charge < -0.3 is 0 Å². The average molecular weight is 430 g/mol. The molecule has 10 heteroatoms. The predicted octanol–water partition coefficient (Wildman–Crippen LogP) is 5.04. The molecule has 1 aromatic heterocycles. The number of halogens is 4. The van der Waals surface area contributed by atoms with Gasteiger partial charge in [-0.15, -0.1) is 0 Å². The Bertz CT molecular complexity index is 1080. The first-order chi connectivity index (χ1) is 13.1. The molecule has 2 aromatic carbocycles. The number of aryl methyl sites for hydroxylation is 1. The average Bonchev–Trinajstić information content (AvgIpc) is 3.01. The van der Waals surface area contributed by atoms with E-state index in [0.717, 1.165) is 4.68 Å². The second-order valence-electron chi connectivity index (χ2n) is 5.81. The minimum absolute atomic E-state index is 0.0864. The molecule has 0 radical (unpaired) electrons. The van der Waals surface area contributed by atoms with Crippen molar-refractivity contribution in [2.24, 2.45) is 0 Å². The summed E-state index contributed by atoms with van der Waals surface area (Å²) in [5, 5.41) is 4.22. The fourth-order valence-corrected chi connectivity index (χ4v) is 3.88. The summed E-state index contributed by atoms with van der Waals surface area (Å²) in [5.41, 5.74) is -1.25. The van der Waals surface area contributed by atoms with E-state index in [-0.39, 0.29) is 22.6 Å². The topological polar surface area (TPSA) is 64.0 Å². The van der Waals surface area contributed by atoms with E-state index < -0.39 is 27.7 Å². The summed E-state index contributed by atoms with van der Waals surface area (Å²) in [4.78, 5) is -0.0864. The Labute approximate surface area is 164 Å². The number of rotatable bonds is 5. The molecule has 0 amide bonds. The van der Waals surface area contributed by atoms with E-state index in [4.69, 9.17) is 11.6 Å². The van der Waals surface area contributed by atoms with E-state index in [1.54, 1.807) is 6.07 Å². The largest absolute Gasteiger partial charge is 0.433 e. The van der Waals surface area contributed by atoms with Gasteiger partial charge in [0.15, 0.2) is 11.5 Å². The van der Waals surface area contributed by atoms with Crippen molar-refractivity contribution in [1.29, 1.82) is 0 Å². The molecule has 148 valence electrons. The first-order valence-electron chi connectivity index (χ1n) is 8.15. The van der Waals surface area contributed by atoms with Crippen LogP contribution in [0.3, 0.4) is 0 Å². The van der Waals surface area contributed by atoms with Crippen LogP contribution in [0.2, 0.25) is 5.02 Å². The van der Waals surface area contributed by atoms with Crippen LogP contribution >= 0.6 is 11.6 Å². The Hall–Kier alpha value is -2.52. The van der Waals surface area contributed by atoms with Gasteiger partial charge in [-0.3, -0.25) is 9.40 Å². The second kappa shape index (κ2) is 7.48. The first kappa shape index (κ1) is 20.2. The zero-order chi connectivity index (χ0) is 20.5. The summed E-state index contributed by atoms with van der Waals surface area (Å²) in [6.45, 7) is 1.39. The van der Waals surface area contributed by atoms with Crippen molar-refractivity contribution in [3.05, 3.63) is 65.3 Å². The van der Waals surface area contributed by atoms with Gasteiger partial charge in [-0.1, -0.05) is 41.9 Å². The van der Waals surface area contributed by atoms with Crippen LogP contribution in [0.5, 0.6) is 0 Å². The van der Waals surface area contributed by atoms with Crippen LogP contribution in [-0.4, -0.2) is 18.2 Å². The molecule has 0 atom stereocenters. The predicted molar refractivity (Wildman–Crippen MR) is 101 cm³/mol. The number of nitrogens with zero attached hydrogens (tertiary/aromatic N) is 2. The molecular weight excluding hydrogens is 415 g/mol. The van der Waals surface area contributed by atoms with Gasteiger partial charge in [0.25, 0.3) is 10.0 Å². The Kier molecular flexibility index (Phi) is 5.40. The maximum Gasteiger partial charge on any atom is 0.433 e. The lowest BCUT2D eigenvalue weighted by Gasteiger charge is -2.12. The van der Waals surface area contributed by atoms with E-state index in [2.05, 4.69) is 9.82 Å². The van der Waals surface area contributed by atoms with Crippen molar-refractivity contribution in [1.82, 2.24) is 9.78 Å². The molecule has 28 heavy (non-hydrogen) atoms. The first-order valence-corrected chi connectivity index (χ1v) is 10.0. The van der Waals surface area contributed by atoms with Gasteiger partial charge in [-0.25, -0.2) is 8.42 Å². The summed E-state index contributed by atoms with van der Waals surface area (Å²) < 4.78 is 69.5. The highest BCUT2D eigenvalue weighted by molar-refractivity contribution is 7.92. The number of nitrogens with one attached hydrogen (secondary N) is 1. The molecular formula is C18H15ClF3N3O2S. The molecule has 0 aliphatic heterocycles. The molecule has 0 aliphatic rings. The number of anilines is 1. The molecule has 0 aliphatic carbocycles. The number of sulfonamides is 1. The maximum absolute atomic E-state index is 13.8. The van der Waals surface area contributed by atoms with E-state index in [1.165, 1.54) is 55.5 Å². The summed E-state index contributed by atoms with van der Waals surface area (Å²) in [5.74, 6) is -0.402. The van der Waals surface area contributed by atoms with Crippen LogP contribution in [0.25, 0.3) is 11.1 Å². The van der Waals surface area contributed by atoms with Crippen molar-refractivity contribution in [3.8, 4) is 11.1 Å². The Morgan fingerprint density at radius 3 is 2.21 bits per heavy atom. The van der Waals surface area contributed by atoms with Gasteiger partial charge in [0.2, 0.25) is 0 Å². The molecule has 0 saturated heterocycles. The summed E-state index contributed by atoms with van der Waals surface area (Å²) in [6.07, 6.45) is -4.74. The molecule has 0 fully saturated rings. The number of benzene rings is 2. The lowest BCUT2D eigenvalue weighted by Crippen LogP contribution is -2.14. The number of alkyl halides is 3. The van der Waals surface area contributed by atoms with Gasteiger partial charge in [0, 0.05) is 11.6 Å². The monoisotopic (exact) mass is 429 g/mol. The van der Waals surface area contributed by atoms with Crippen LogP contribution in [0.1, 0.15) is 12.6 Å². The van der Waals surface area contributed by atoms with Crippen molar-refractivity contribution < 1.29 is 21.6 Å². The highest BCUT2D eigenvalue weighted by Crippen LogP contribution is 2.42. The molecule has 0 bridgehead atoms. The Balaban J connectivity index is 2.21. The zero-order valence-electron chi connectivity index (χ0n) is 14.5. The third-order valence-corrected chi connectivity index (χ3v) is 5.54. The van der Waals surface area contributed by atoms with Crippen LogP contribution in [-0.2, 0) is 22.7 Å². The summed E-state index contributed by atoms with van der Waals surface area (Å²) in [7, 11) is -4.13. The molecule has 1 N–H and O–H groups in total. The van der Waals surface area contributed by atoms with Gasteiger partial charge in [-0.05, 0) is 36.8 Å². The number of aromatic nitrogens is 2. The van der Waals surface area contributed by atoms with Gasteiger partial charge >= 0.3 is 6.18 Å². The fourth-order valence-electron chi connectivity index (χ4n) is 2.73.